The van der Waals surface area contributed by atoms with E-state index in [4.69, 9.17) is 4.74 Å². The van der Waals surface area contributed by atoms with Gasteiger partial charge in [0, 0.05) is 25.4 Å². The molecular weight excluding hydrogens is 479 g/mol. The number of rotatable bonds is 9. The van der Waals surface area contributed by atoms with Crippen LogP contribution >= 0.6 is 0 Å². The average molecular weight is 508 g/mol. The van der Waals surface area contributed by atoms with E-state index in [-0.39, 0.29) is 53.6 Å². The van der Waals surface area contributed by atoms with Crippen molar-refractivity contribution >= 4 is 17.6 Å². The summed E-state index contributed by atoms with van der Waals surface area (Å²) < 4.78 is 46.2. The lowest BCUT2D eigenvalue weighted by Crippen LogP contribution is -2.47. The van der Waals surface area contributed by atoms with E-state index in [1.54, 1.807) is 0 Å². The van der Waals surface area contributed by atoms with E-state index in [9.17, 15) is 32.8 Å². The number of alkyl halides is 3. The van der Waals surface area contributed by atoms with Crippen LogP contribution in [0.25, 0.3) is 0 Å². The summed E-state index contributed by atoms with van der Waals surface area (Å²) in [6, 6.07) is 6.17. The molecule has 8 nitrogen and oxygen atoms in total. The van der Waals surface area contributed by atoms with E-state index in [1.807, 2.05) is 0 Å². The number of ether oxygens (including phenoxy) is 2. The Hall–Kier alpha value is -3.29. The Morgan fingerprint density at radius 3 is 2.50 bits per heavy atom. The lowest BCUT2D eigenvalue weighted by Gasteiger charge is -2.30. The highest BCUT2D eigenvalue weighted by atomic mass is 19.4. The maximum Gasteiger partial charge on any atom is 0.573 e. The van der Waals surface area contributed by atoms with E-state index in [2.05, 4.69) is 30.0 Å². The molecule has 1 saturated carbocycles. The minimum Gasteiger partial charge on any atom is -0.484 e. The number of halogens is 3. The van der Waals surface area contributed by atoms with Crippen molar-refractivity contribution in [3.05, 3.63) is 24.3 Å². The fourth-order valence-electron chi connectivity index (χ4n) is 5.64. The second kappa shape index (κ2) is 9.64. The molecule has 3 aliphatic rings. The van der Waals surface area contributed by atoms with Gasteiger partial charge in [-0.2, -0.15) is 5.26 Å². The number of hydrogen-bond donors (Lipinski definition) is 1. The molecule has 2 amide bonds. The van der Waals surface area contributed by atoms with E-state index < -0.39 is 30.0 Å². The molecule has 4 rings (SSSR count). The molecule has 1 aromatic carbocycles. The summed E-state index contributed by atoms with van der Waals surface area (Å²) in [7, 11) is 0. The molecule has 11 heteroatoms. The Labute approximate surface area is 206 Å². The molecular formula is C25H28F3N3O5. The number of nitrogens with one attached hydrogen (secondary N) is 1. The molecule has 2 saturated heterocycles. The van der Waals surface area contributed by atoms with Crippen LogP contribution in [0.1, 0.15) is 33.1 Å². The summed E-state index contributed by atoms with van der Waals surface area (Å²) in [4.78, 5) is 39.7. The number of carbonyl (C=O) groups excluding carboxylic acids is 3. The van der Waals surface area contributed by atoms with Crippen molar-refractivity contribution in [1.29, 1.82) is 5.26 Å². The summed E-state index contributed by atoms with van der Waals surface area (Å²) in [5, 5.41) is 12.3. The van der Waals surface area contributed by atoms with Gasteiger partial charge >= 0.3 is 6.36 Å². The Morgan fingerprint density at radius 1 is 1.25 bits per heavy atom. The molecule has 1 aromatic rings. The van der Waals surface area contributed by atoms with Crippen molar-refractivity contribution in [1.82, 2.24) is 10.2 Å². The summed E-state index contributed by atoms with van der Waals surface area (Å²) in [5.41, 5.74) is -0.0975. The number of hydrogen-bond acceptors (Lipinski definition) is 6. The highest BCUT2D eigenvalue weighted by Gasteiger charge is 2.69. The molecule has 194 valence electrons. The predicted octanol–water partition coefficient (Wildman–Crippen LogP) is 3.07. The van der Waals surface area contributed by atoms with Crippen LogP contribution in [0.3, 0.4) is 0 Å². The van der Waals surface area contributed by atoms with Crippen LogP contribution in [0.4, 0.5) is 13.2 Å². The number of nitriles is 1. The molecule has 5 atom stereocenters. The first kappa shape index (κ1) is 25.8. The number of benzene rings is 1. The number of piperidine rings is 1. The van der Waals surface area contributed by atoms with Crippen LogP contribution in [0.5, 0.6) is 11.5 Å². The van der Waals surface area contributed by atoms with Gasteiger partial charge in [-0.25, -0.2) is 0 Å². The van der Waals surface area contributed by atoms with Gasteiger partial charge in [0.1, 0.15) is 11.5 Å². The van der Waals surface area contributed by atoms with Gasteiger partial charge in [0.05, 0.1) is 18.0 Å². The SMILES string of the molecule is CC1(C)C2CN(C(=O)COc3ccc(OC(F)(F)F)cc3)[C@H](C(=O)C[C@H](C#N)C[C@@H]3CCNC3=O)C21. The molecule has 0 bridgehead atoms. The quantitative estimate of drug-likeness (QED) is 0.550. The van der Waals surface area contributed by atoms with Crippen molar-refractivity contribution in [3.63, 3.8) is 0 Å². The third-order valence-corrected chi connectivity index (χ3v) is 7.64. The maximum atomic E-state index is 13.3. The normalized spacial score (nSPS) is 27.0. The number of fused-ring (bicyclic) bond motifs is 1. The van der Waals surface area contributed by atoms with E-state index in [0.717, 1.165) is 12.1 Å². The molecule has 36 heavy (non-hydrogen) atoms. The first-order chi connectivity index (χ1) is 16.9. The largest absolute Gasteiger partial charge is 0.573 e. The molecule has 3 fully saturated rings. The molecule has 0 radical (unpaired) electrons. The third kappa shape index (κ3) is 5.42. The highest BCUT2D eigenvalue weighted by molar-refractivity contribution is 5.92. The summed E-state index contributed by atoms with van der Waals surface area (Å²) in [6.45, 7) is 4.69. The van der Waals surface area contributed by atoms with Crippen molar-refractivity contribution in [3.8, 4) is 17.6 Å². The van der Waals surface area contributed by atoms with Crippen molar-refractivity contribution in [2.24, 2.45) is 29.1 Å². The topological polar surface area (TPSA) is 109 Å². The molecule has 1 aliphatic carbocycles. The van der Waals surface area contributed by atoms with Gasteiger partial charge in [-0.1, -0.05) is 13.8 Å². The fourth-order valence-corrected chi connectivity index (χ4v) is 5.64. The number of ketones is 1. The number of Topliss-reactive ketones (excluding diaryl/α,β-unsaturated/α-hetero) is 1. The molecule has 2 heterocycles. The van der Waals surface area contributed by atoms with E-state index in [1.165, 1.54) is 17.0 Å². The smallest absolute Gasteiger partial charge is 0.484 e. The van der Waals surface area contributed by atoms with Crippen LogP contribution in [-0.2, 0) is 14.4 Å². The van der Waals surface area contributed by atoms with Crippen LogP contribution in [-0.4, -0.2) is 54.6 Å². The Kier molecular flexibility index (Phi) is 6.90. The molecule has 0 spiro atoms. The van der Waals surface area contributed by atoms with Crippen molar-refractivity contribution < 1.29 is 37.0 Å². The zero-order valence-electron chi connectivity index (χ0n) is 20.0. The van der Waals surface area contributed by atoms with Crippen LogP contribution < -0.4 is 14.8 Å². The van der Waals surface area contributed by atoms with Crippen LogP contribution in [0.15, 0.2) is 24.3 Å². The third-order valence-electron chi connectivity index (χ3n) is 7.64. The van der Waals surface area contributed by atoms with Gasteiger partial charge in [-0.05, 0) is 54.4 Å². The van der Waals surface area contributed by atoms with Gasteiger partial charge in [0.2, 0.25) is 5.91 Å². The monoisotopic (exact) mass is 507 g/mol. The van der Waals surface area contributed by atoms with E-state index >= 15 is 0 Å². The second-order valence-electron chi connectivity index (χ2n) is 10.3. The lowest BCUT2D eigenvalue weighted by atomic mass is 9.87. The van der Waals surface area contributed by atoms with Crippen molar-refractivity contribution in [2.45, 2.75) is 45.5 Å². The number of likely N-dealkylation sites (tertiary alicyclic amines) is 1. The van der Waals surface area contributed by atoms with E-state index in [0.29, 0.717) is 25.9 Å². The first-order valence-corrected chi connectivity index (χ1v) is 11.9. The van der Waals surface area contributed by atoms with Gasteiger partial charge in [-0.3, -0.25) is 14.4 Å². The van der Waals surface area contributed by atoms with Gasteiger partial charge < -0.3 is 19.7 Å². The predicted molar refractivity (Wildman–Crippen MR) is 119 cm³/mol. The zero-order valence-corrected chi connectivity index (χ0v) is 20.0. The average Bonchev–Trinajstić information content (AvgIpc) is 3.16. The van der Waals surface area contributed by atoms with Crippen LogP contribution in [0, 0.1) is 40.4 Å². The highest BCUT2D eigenvalue weighted by Crippen LogP contribution is 2.65. The standard InChI is InChI=1S/C25H28F3N3O5/c1-24(2)18-12-31(20(33)13-35-16-3-5-17(6-4-16)36-25(26,27)28)22(21(18)24)19(32)10-14(11-29)9-15-7-8-30-23(15)34/h3-6,14-15,18,21-22H,7-10,12-13H2,1-2H3,(H,30,34)/t14-,15+,18?,21?,22-/m1/s1. The van der Waals surface area contributed by atoms with Gasteiger partial charge in [0.15, 0.2) is 12.4 Å². The second-order valence-corrected chi connectivity index (χ2v) is 10.3. The zero-order chi connectivity index (χ0) is 26.3. The molecule has 0 aromatic heterocycles. The molecule has 2 unspecified atom stereocenters. The number of carbonyl (C=O) groups is 3. The summed E-state index contributed by atoms with van der Waals surface area (Å²) >= 11 is 0. The Bertz CT molecular complexity index is 1070. The minimum atomic E-state index is -4.81. The Morgan fingerprint density at radius 2 is 1.92 bits per heavy atom. The summed E-state index contributed by atoms with van der Waals surface area (Å²) in [5.74, 6) is -1.67. The first-order valence-electron chi connectivity index (χ1n) is 11.9. The Balaban J connectivity index is 1.37. The minimum absolute atomic E-state index is 0.0122. The van der Waals surface area contributed by atoms with Gasteiger partial charge in [-0.15, -0.1) is 13.2 Å². The fraction of sp³-hybridized carbons (Fsp3) is 0.600. The lowest BCUT2D eigenvalue weighted by molar-refractivity contribution is -0.274. The molecule has 1 N–H and O–H groups in total. The van der Waals surface area contributed by atoms with Crippen LogP contribution in [0.2, 0.25) is 0 Å². The van der Waals surface area contributed by atoms with Crippen molar-refractivity contribution in [2.75, 3.05) is 19.7 Å². The maximum absolute atomic E-state index is 13.3. The molecule has 2 aliphatic heterocycles. The number of nitrogens with zero attached hydrogens (tertiary/aromatic N) is 2. The number of amides is 2. The van der Waals surface area contributed by atoms with Gasteiger partial charge in [0.25, 0.3) is 5.91 Å². The summed E-state index contributed by atoms with van der Waals surface area (Å²) in [6.07, 6.45) is -3.89.